The van der Waals surface area contributed by atoms with Crippen molar-refractivity contribution in [1.82, 2.24) is 0 Å². The molecular weight excluding hydrogens is 268 g/mol. The zero-order chi connectivity index (χ0) is 15.1. The van der Waals surface area contributed by atoms with E-state index in [-0.39, 0.29) is 18.1 Å². The van der Waals surface area contributed by atoms with E-state index >= 15 is 0 Å². The largest absolute Gasteiger partial charge is 0.481 e. The number of aryl methyl sites for hydroxylation is 1. The molecule has 108 valence electrons. The molecule has 21 heavy (non-hydrogen) atoms. The maximum atomic E-state index is 12.1. The van der Waals surface area contributed by atoms with Crippen LogP contribution in [0.2, 0.25) is 0 Å². The molecule has 1 atom stereocenters. The lowest BCUT2D eigenvalue weighted by molar-refractivity contribution is -0.136. The molecule has 1 aromatic rings. The molecule has 0 saturated carbocycles. The fourth-order valence-electron chi connectivity index (χ4n) is 2.85. The van der Waals surface area contributed by atoms with Gasteiger partial charge < -0.3 is 9.84 Å². The normalized spacial score (nSPS) is 19.9. The van der Waals surface area contributed by atoms with Gasteiger partial charge in [-0.15, -0.1) is 0 Å². The van der Waals surface area contributed by atoms with Crippen LogP contribution in [0.1, 0.15) is 23.1 Å². The predicted molar refractivity (Wildman–Crippen MR) is 77.2 cm³/mol. The van der Waals surface area contributed by atoms with Gasteiger partial charge in [0.15, 0.2) is 5.78 Å². The van der Waals surface area contributed by atoms with Crippen LogP contribution in [0.5, 0.6) is 5.75 Å². The maximum absolute atomic E-state index is 12.1. The second kappa shape index (κ2) is 4.88. The highest BCUT2D eigenvalue weighted by molar-refractivity contribution is 5.96. The van der Waals surface area contributed by atoms with Gasteiger partial charge in [-0.1, -0.05) is 18.2 Å². The van der Waals surface area contributed by atoms with Gasteiger partial charge in [-0.3, -0.25) is 9.59 Å². The summed E-state index contributed by atoms with van der Waals surface area (Å²) in [7, 11) is 0. The standard InChI is InChI=1S/C17H16O4/c1-9-3-4-11-7-13-14(18)6-5-12(8-15(19)20)17(13)21-16(11)10(9)2/h3-6,13H,7-8H2,1-2H3,(H,19,20). The number of allylic oxidation sites excluding steroid dienone is 3. The second-order valence-corrected chi connectivity index (χ2v) is 5.55. The Balaban J connectivity index is 2.11. The van der Waals surface area contributed by atoms with E-state index < -0.39 is 5.97 Å². The Bertz CT molecular complexity index is 710. The van der Waals surface area contributed by atoms with Gasteiger partial charge in [-0.25, -0.2) is 0 Å². The Hall–Kier alpha value is -2.36. The van der Waals surface area contributed by atoms with Crippen molar-refractivity contribution in [3.8, 4) is 5.75 Å². The quantitative estimate of drug-likeness (QED) is 0.907. The van der Waals surface area contributed by atoms with E-state index in [4.69, 9.17) is 9.84 Å². The summed E-state index contributed by atoms with van der Waals surface area (Å²) in [5, 5.41) is 9.01. The van der Waals surface area contributed by atoms with Crippen LogP contribution in [0.4, 0.5) is 0 Å². The van der Waals surface area contributed by atoms with Crippen molar-refractivity contribution in [3.05, 3.63) is 52.3 Å². The molecule has 0 spiro atoms. The first-order valence-electron chi connectivity index (χ1n) is 6.91. The average Bonchev–Trinajstić information content (AvgIpc) is 2.45. The van der Waals surface area contributed by atoms with Gasteiger partial charge in [0.25, 0.3) is 0 Å². The molecule has 0 fully saturated rings. The summed E-state index contributed by atoms with van der Waals surface area (Å²) in [6, 6.07) is 4.00. The molecule has 4 heteroatoms. The van der Waals surface area contributed by atoms with Gasteiger partial charge in [0.1, 0.15) is 11.5 Å². The average molecular weight is 284 g/mol. The Labute approximate surface area is 122 Å². The topological polar surface area (TPSA) is 63.6 Å². The highest BCUT2D eigenvalue weighted by Crippen LogP contribution is 2.40. The van der Waals surface area contributed by atoms with Crippen LogP contribution in [-0.2, 0) is 16.0 Å². The monoisotopic (exact) mass is 284 g/mol. The summed E-state index contributed by atoms with van der Waals surface area (Å²) in [5.74, 6) is -0.0640. The lowest BCUT2D eigenvalue weighted by Crippen LogP contribution is -2.29. The summed E-state index contributed by atoms with van der Waals surface area (Å²) in [5.41, 5.74) is 3.74. The van der Waals surface area contributed by atoms with E-state index in [0.717, 1.165) is 22.4 Å². The van der Waals surface area contributed by atoms with Crippen LogP contribution < -0.4 is 4.74 Å². The second-order valence-electron chi connectivity index (χ2n) is 5.55. The number of carbonyl (C=O) groups is 2. The van der Waals surface area contributed by atoms with Crippen LogP contribution in [0, 0.1) is 19.8 Å². The summed E-state index contributed by atoms with van der Waals surface area (Å²) >= 11 is 0. The van der Waals surface area contributed by atoms with Crippen LogP contribution in [-0.4, -0.2) is 16.9 Å². The highest BCUT2D eigenvalue weighted by Gasteiger charge is 2.35. The molecule has 3 rings (SSSR count). The SMILES string of the molecule is Cc1ccc2c(c1C)OC1=C(CC(=O)O)C=CC(=O)C1C2. The summed E-state index contributed by atoms with van der Waals surface area (Å²) < 4.78 is 5.98. The number of rotatable bonds is 2. The first kappa shape index (κ1) is 13.6. The molecule has 1 heterocycles. The number of hydrogen-bond donors (Lipinski definition) is 1. The molecule has 1 aromatic carbocycles. The minimum Gasteiger partial charge on any atom is -0.481 e. The van der Waals surface area contributed by atoms with E-state index in [9.17, 15) is 9.59 Å². The first-order valence-corrected chi connectivity index (χ1v) is 6.91. The molecule has 1 unspecified atom stereocenters. The number of fused-ring (bicyclic) bond motifs is 2. The third-order valence-electron chi connectivity index (χ3n) is 4.16. The van der Waals surface area contributed by atoms with Gasteiger partial charge in [-0.05, 0) is 43.0 Å². The van der Waals surface area contributed by atoms with Crippen LogP contribution in [0.15, 0.2) is 35.6 Å². The lowest BCUT2D eigenvalue weighted by atomic mass is 9.83. The van der Waals surface area contributed by atoms with Crippen molar-refractivity contribution in [2.45, 2.75) is 26.7 Å². The van der Waals surface area contributed by atoms with Crippen molar-refractivity contribution in [2.75, 3.05) is 0 Å². The number of carboxylic acid groups (broad SMARTS) is 1. The predicted octanol–water partition coefficient (Wildman–Crippen LogP) is 2.72. The molecule has 0 aromatic heterocycles. The third-order valence-corrected chi connectivity index (χ3v) is 4.16. The number of benzene rings is 1. The van der Waals surface area contributed by atoms with E-state index in [1.54, 1.807) is 6.08 Å². The lowest BCUT2D eigenvalue weighted by Gasteiger charge is -2.31. The Morgan fingerprint density at radius 2 is 2.10 bits per heavy atom. The fraction of sp³-hybridized carbons (Fsp3) is 0.294. The highest BCUT2D eigenvalue weighted by atomic mass is 16.5. The number of ketones is 1. The molecule has 4 nitrogen and oxygen atoms in total. The van der Waals surface area contributed by atoms with Crippen molar-refractivity contribution >= 4 is 11.8 Å². The summed E-state index contributed by atoms with van der Waals surface area (Å²) in [6.07, 6.45) is 3.47. The number of aliphatic carboxylic acids is 1. The van der Waals surface area contributed by atoms with Crippen molar-refractivity contribution in [1.29, 1.82) is 0 Å². The minimum absolute atomic E-state index is 0.0250. The summed E-state index contributed by atoms with van der Waals surface area (Å²) in [6.45, 7) is 3.98. The van der Waals surface area contributed by atoms with Gasteiger partial charge >= 0.3 is 5.97 Å². The molecule has 0 saturated heterocycles. The molecule has 0 radical (unpaired) electrons. The van der Waals surface area contributed by atoms with E-state index in [1.807, 2.05) is 26.0 Å². The van der Waals surface area contributed by atoms with Gasteiger partial charge in [-0.2, -0.15) is 0 Å². The molecule has 2 aliphatic rings. The Morgan fingerprint density at radius 3 is 2.81 bits per heavy atom. The third kappa shape index (κ3) is 2.27. The van der Waals surface area contributed by atoms with E-state index in [1.165, 1.54) is 6.08 Å². The molecule has 1 N–H and O–H groups in total. The van der Waals surface area contributed by atoms with Crippen molar-refractivity contribution in [2.24, 2.45) is 5.92 Å². The number of hydrogen-bond acceptors (Lipinski definition) is 3. The smallest absolute Gasteiger partial charge is 0.307 e. The maximum Gasteiger partial charge on any atom is 0.307 e. The zero-order valence-corrected chi connectivity index (χ0v) is 12.0. The Kier molecular flexibility index (Phi) is 3.16. The zero-order valence-electron chi connectivity index (χ0n) is 12.0. The van der Waals surface area contributed by atoms with Gasteiger partial charge in [0.2, 0.25) is 0 Å². The molecule has 1 aliphatic carbocycles. The van der Waals surface area contributed by atoms with Crippen LogP contribution in [0.25, 0.3) is 0 Å². The molecular formula is C17H16O4. The molecule has 0 amide bonds. The first-order chi connectivity index (χ1) is 9.97. The van der Waals surface area contributed by atoms with Crippen molar-refractivity contribution < 1.29 is 19.4 Å². The minimum atomic E-state index is -0.925. The van der Waals surface area contributed by atoms with E-state index in [0.29, 0.717) is 17.8 Å². The van der Waals surface area contributed by atoms with Crippen LogP contribution >= 0.6 is 0 Å². The van der Waals surface area contributed by atoms with Crippen molar-refractivity contribution in [3.63, 3.8) is 0 Å². The molecule has 0 bridgehead atoms. The van der Waals surface area contributed by atoms with E-state index in [2.05, 4.69) is 0 Å². The Morgan fingerprint density at radius 1 is 1.33 bits per heavy atom. The number of carbonyl (C=O) groups excluding carboxylic acids is 1. The summed E-state index contributed by atoms with van der Waals surface area (Å²) in [4.78, 5) is 23.1. The number of carboxylic acids is 1. The van der Waals surface area contributed by atoms with Crippen LogP contribution in [0.3, 0.4) is 0 Å². The van der Waals surface area contributed by atoms with Gasteiger partial charge in [0, 0.05) is 5.57 Å². The number of ether oxygens (including phenoxy) is 1. The fourth-order valence-corrected chi connectivity index (χ4v) is 2.85. The van der Waals surface area contributed by atoms with Gasteiger partial charge in [0.05, 0.1) is 12.3 Å². The molecule has 1 aliphatic heterocycles.